The Morgan fingerprint density at radius 3 is 2.74 bits per heavy atom. The third-order valence-electron chi connectivity index (χ3n) is 2.72. The Morgan fingerprint density at radius 1 is 1.42 bits per heavy atom. The van der Waals surface area contributed by atoms with Gasteiger partial charge < -0.3 is 4.57 Å². The molecule has 0 atom stereocenters. The number of aromatic nitrogens is 2. The summed E-state index contributed by atoms with van der Waals surface area (Å²) in [6.45, 7) is 1.99. The quantitative estimate of drug-likeness (QED) is 0.922. The van der Waals surface area contributed by atoms with E-state index in [0.717, 1.165) is 10.0 Å². The molecule has 0 radical (unpaired) electrons. The van der Waals surface area contributed by atoms with Gasteiger partial charge in [-0.25, -0.2) is 18.1 Å². The van der Waals surface area contributed by atoms with Crippen LogP contribution in [0.25, 0.3) is 0 Å². The molecule has 2 aromatic rings. The van der Waals surface area contributed by atoms with E-state index in [1.165, 1.54) is 6.20 Å². The molecule has 2 rings (SSSR count). The number of nitrogens with one attached hydrogen (secondary N) is 1. The van der Waals surface area contributed by atoms with Crippen LogP contribution in [0, 0.1) is 6.92 Å². The molecule has 102 valence electrons. The number of halogens is 1. The second kappa shape index (κ2) is 5.44. The van der Waals surface area contributed by atoms with E-state index < -0.39 is 10.0 Å². The molecule has 0 amide bonds. The minimum atomic E-state index is -3.57. The number of nitrogens with zero attached hydrogens (tertiary/aromatic N) is 2. The topological polar surface area (TPSA) is 64.0 Å². The number of hydrogen-bond donors (Lipinski definition) is 1. The number of imidazole rings is 1. The van der Waals surface area contributed by atoms with Crippen molar-refractivity contribution in [1.82, 2.24) is 14.3 Å². The van der Waals surface area contributed by atoms with Crippen LogP contribution in [0.5, 0.6) is 0 Å². The molecule has 5 nitrogen and oxygen atoms in total. The number of sulfonamides is 1. The van der Waals surface area contributed by atoms with Gasteiger partial charge >= 0.3 is 0 Å². The van der Waals surface area contributed by atoms with Crippen LogP contribution in [0.15, 0.2) is 40.0 Å². The fourth-order valence-electron chi connectivity index (χ4n) is 1.55. The zero-order valence-corrected chi connectivity index (χ0v) is 13.0. The minimum absolute atomic E-state index is 0.0440. The highest BCUT2D eigenvalue weighted by atomic mass is 79.9. The lowest BCUT2D eigenvalue weighted by molar-refractivity contribution is 0.578. The highest BCUT2D eigenvalue weighted by molar-refractivity contribution is 9.10. The SMILES string of the molecule is Cc1nc(S(=O)(=O)NCc2cccc(Br)c2)cn1C. The van der Waals surface area contributed by atoms with Crippen LogP contribution in [0.3, 0.4) is 0 Å². The molecule has 0 fully saturated rings. The highest BCUT2D eigenvalue weighted by Crippen LogP contribution is 2.13. The average molecular weight is 344 g/mol. The van der Waals surface area contributed by atoms with Crippen LogP contribution in [0.4, 0.5) is 0 Å². The van der Waals surface area contributed by atoms with Crippen LogP contribution < -0.4 is 4.72 Å². The van der Waals surface area contributed by atoms with Gasteiger partial charge in [0.1, 0.15) is 5.82 Å². The minimum Gasteiger partial charge on any atom is -0.337 e. The van der Waals surface area contributed by atoms with Gasteiger partial charge in [-0.2, -0.15) is 0 Å². The molecule has 0 unspecified atom stereocenters. The summed E-state index contributed by atoms with van der Waals surface area (Å²) in [5.74, 6) is 0.655. The summed E-state index contributed by atoms with van der Waals surface area (Å²) in [6, 6.07) is 7.47. The summed E-state index contributed by atoms with van der Waals surface area (Å²) < 4.78 is 29.2. The third kappa shape index (κ3) is 3.43. The normalized spacial score (nSPS) is 11.7. The van der Waals surface area contributed by atoms with Crippen LogP contribution in [0.2, 0.25) is 0 Å². The number of rotatable bonds is 4. The molecule has 0 aliphatic rings. The first-order chi connectivity index (χ1) is 8.88. The maximum Gasteiger partial charge on any atom is 0.259 e. The first-order valence-corrected chi connectivity index (χ1v) is 7.90. The van der Waals surface area contributed by atoms with Crippen LogP contribution in [-0.4, -0.2) is 18.0 Å². The highest BCUT2D eigenvalue weighted by Gasteiger charge is 2.17. The fraction of sp³-hybridized carbons (Fsp3) is 0.250. The Hall–Kier alpha value is -1.18. The van der Waals surface area contributed by atoms with Crippen LogP contribution in [-0.2, 0) is 23.6 Å². The largest absolute Gasteiger partial charge is 0.337 e. The molecule has 0 saturated carbocycles. The maximum absolute atomic E-state index is 12.1. The van der Waals surface area contributed by atoms with Gasteiger partial charge in [-0.1, -0.05) is 28.1 Å². The monoisotopic (exact) mass is 343 g/mol. The summed E-state index contributed by atoms with van der Waals surface area (Å²) in [7, 11) is -1.81. The maximum atomic E-state index is 12.1. The van der Waals surface area contributed by atoms with Crippen molar-refractivity contribution in [2.75, 3.05) is 0 Å². The predicted molar refractivity (Wildman–Crippen MR) is 76.1 cm³/mol. The van der Waals surface area contributed by atoms with Gasteiger partial charge in [0.2, 0.25) is 0 Å². The summed E-state index contributed by atoms with van der Waals surface area (Å²) >= 11 is 3.35. The molecular weight excluding hydrogens is 330 g/mol. The molecule has 0 aliphatic carbocycles. The first kappa shape index (κ1) is 14.2. The molecule has 0 bridgehead atoms. The van der Waals surface area contributed by atoms with Crippen molar-refractivity contribution < 1.29 is 8.42 Å². The van der Waals surface area contributed by atoms with Gasteiger partial charge in [0.05, 0.1) is 0 Å². The summed E-state index contributed by atoms with van der Waals surface area (Å²) in [6.07, 6.45) is 1.50. The number of benzene rings is 1. The van der Waals surface area contributed by atoms with E-state index in [9.17, 15) is 8.42 Å². The standard InChI is InChI=1S/C12H14BrN3O2S/c1-9-15-12(8-16(9)2)19(17,18)14-7-10-4-3-5-11(13)6-10/h3-6,8,14H,7H2,1-2H3. The summed E-state index contributed by atoms with van der Waals surface area (Å²) in [5, 5.41) is 0.0440. The fourth-order valence-corrected chi connectivity index (χ4v) is 3.06. The van der Waals surface area contributed by atoms with E-state index in [1.54, 1.807) is 18.5 Å². The van der Waals surface area contributed by atoms with E-state index in [1.807, 2.05) is 24.3 Å². The summed E-state index contributed by atoms with van der Waals surface area (Å²) in [5.41, 5.74) is 0.880. The lowest BCUT2D eigenvalue weighted by Crippen LogP contribution is -2.23. The van der Waals surface area contributed by atoms with Gasteiger partial charge in [-0.3, -0.25) is 0 Å². The Morgan fingerprint density at radius 2 is 2.16 bits per heavy atom. The van der Waals surface area contributed by atoms with Crippen molar-refractivity contribution in [3.8, 4) is 0 Å². The predicted octanol–water partition coefficient (Wildman–Crippen LogP) is 1.97. The Kier molecular flexibility index (Phi) is 4.07. The Bertz CT molecular complexity index is 675. The molecule has 7 heteroatoms. The van der Waals surface area contributed by atoms with Crippen LogP contribution in [0.1, 0.15) is 11.4 Å². The number of aryl methyl sites for hydroxylation is 2. The molecule has 1 aromatic carbocycles. The first-order valence-electron chi connectivity index (χ1n) is 5.62. The Labute approximate surface area is 120 Å². The molecule has 1 N–H and O–H groups in total. The van der Waals surface area contributed by atoms with Gasteiger partial charge in [0.15, 0.2) is 5.03 Å². The van der Waals surface area contributed by atoms with E-state index >= 15 is 0 Å². The lowest BCUT2D eigenvalue weighted by atomic mass is 10.2. The van der Waals surface area contributed by atoms with Crippen molar-refractivity contribution >= 4 is 26.0 Å². The summed E-state index contributed by atoms with van der Waals surface area (Å²) in [4.78, 5) is 4.01. The van der Waals surface area contributed by atoms with E-state index in [-0.39, 0.29) is 11.6 Å². The molecule has 0 aliphatic heterocycles. The van der Waals surface area contributed by atoms with Crippen molar-refractivity contribution in [2.45, 2.75) is 18.5 Å². The van der Waals surface area contributed by atoms with Crippen molar-refractivity contribution in [2.24, 2.45) is 7.05 Å². The second-order valence-corrected chi connectivity index (χ2v) is 6.82. The molecule has 1 aromatic heterocycles. The van der Waals surface area contributed by atoms with Gasteiger partial charge in [-0.05, 0) is 24.6 Å². The van der Waals surface area contributed by atoms with Gasteiger partial charge in [0.25, 0.3) is 10.0 Å². The average Bonchev–Trinajstić information content (AvgIpc) is 2.68. The molecule has 1 heterocycles. The smallest absolute Gasteiger partial charge is 0.259 e. The zero-order valence-electron chi connectivity index (χ0n) is 10.6. The molecular formula is C12H14BrN3O2S. The van der Waals surface area contributed by atoms with E-state index in [0.29, 0.717) is 5.82 Å². The Balaban J connectivity index is 2.14. The van der Waals surface area contributed by atoms with Gasteiger partial charge in [-0.15, -0.1) is 0 Å². The van der Waals surface area contributed by atoms with E-state index in [4.69, 9.17) is 0 Å². The van der Waals surface area contributed by atoms with Crippen molar-refractivity contribution in [1.29, 1.82) is 0 Å². The lowest BCUT2D eigenvalue weighted by Gasteiger charge is -2.04. The van der Waals surface area contributed by atoms with Crippen molar-refractivity contribution in [3.63, 3.8) is 0 Å². The van der Waals surface area contributed by atoms with Crippen molar-refractivity contribution in [3.05, 3.63) is 46.3 Å². The van der Waals surface area contributed by atoms with E-state index in [2.05, 4.69) is 25.6 Å². The van der Waals surface area contributed by atoms with Gasteiger partial charge in [0, 0.05) is 24.3 Å². The molecule has 0 saturated heterocycles. The molecule has 0 spiro atoms. The molecule has 19 heavy (non-hydrogen) atoms. The third-order valence-corrected chi connectivity index (χ3v) is 4.48. The zero-order chi connectivity index (χ0) is 14.0. The second-order valence-electron chi connectivity index (χ2n) is 4.19. The van der Waals surface area contributed by atoms with Crippen LogP contribution >= 0.6 is 15.9 Å². The number of hydrogen-bond acceptors (Lipinski definition) is 3.